The monoisotopic (exact) mass is 330 g/mol. The Kier molecular flexibility index (Phi) is 4.18. The Bertz CT molecular complexity index is 597. The number of rotatable bonds is 3. The van der Waals surface area contributed by atoms with E-state index in [9.17, 15) is 0 Å². The van der Waals surface area contributed by atoms with Crippen molar-refractivity contribution >= 4 is 15.9 Å². The van der Waals surface area contributed by atoms with Crippen LogP contribution in [0.25, 0.3) is 0 Å². The molecule has 104 valence electrons. The molecule has 1 aliphatic carbocycles. The van der Waals surface area contributed by atoms with Gasteiger partial charge in [-0.05, 0) is 55.0 Å². The molecule has 1 aromatic heterocycles. The standard InChI is InChI=1S/C17H19BrN2/c18-14-7-1-4-12(10-14)11-16(19)15-8-2-5-13-6-3-9-20-17(13)15/h1,3-4,6-7,9-10,15-16H,2,5,8,11,19H2. The molecule has 1 aliphatic rings. The molecule has 0 fully saturated rings. The summed E-state index contributed by atoms with van der Waals surface area (Å²) in [5.41, 5.74) is 10.4. The van der Waals surface area contributed by atoms with Gasteiger partial charge >= 0.3 is 0 Å². The summed E-state index contributed by atoms with van der Waals surface area (Å²) in [6.07, 6.45) is 6.31. The van der Waals surface area contributed by atoms with Crippen LogP contribution in [0.5, 0.6) is 0 Å². The third-order valence-corrected chi connectivity index (χ3v) is 4.61. The SMILES string of the molecule is NC(Cc1cccc(Br)c1)C1CCCc2cccnc21. The van der Waals surface area contributed by atoms with E-state index in [1.165, 1.54) is 23.2 Å². The molecule has 0 saturated heterocycles. The molecule has 0 aliphatic heterocycles. The molecule has 0 spiro atoms. The minimum absolute atomic E-state index is 0.137. The molecular formula is C17H19BrN2. The molecule has 2 unspecified atom stereocenters. The van der Waals surface area contributed by atoms with Gasteiger partial charge in [0.1, 0.15) is 0 Å². The highest BCUT2D eigenvalue weighted by molar-refractivity contribution is 9.10. The third kappa shape index (κ3) is 2.94. The van der Waals surface area contributed by atoms with Crippen molar-refractivity contribution in [3.63, 3.8) is 0 Å². The van der Waals surface area contributed by atoms with E-state index < -0.39 is 0 Å². The number of nitrogens with two attached hydrogens (primary N) is 1. The van der Waals surface area contributed by atoms with Crippen molar-refractivity contribution in [1.29, 1.82) is 0 Å². The molecule has 1 heterocycles. The zero-order valence-corrected chi connectivity index (χ0v) is 13.0. The molecule has 20 heavy (non-hydrogen) atoms. The number of hydrogen-bond acceptors (Lipinski definition) is 2. The van der Waals surface area contributed by atoms with Crippen LogP contribution >= 0.6 is 15.9 Å². The molecule has 3 heteroatoms. The Morgan fingerprint density at radius 3 is 3.05 bits per heavy atom. The lowest BCUT2D eigenvalue weighted by Gasteiger charge is -2.29. The van der Waals surface area contributed by atoms with Crippen LogP contribution in [0.15, 0.2) is 47.1 Å². The van der Waals surface area contributed by atoms with Gasteiger partial charge in [-0.3, -0.25) is 4.98 Å². The van der Waals surface area contributed by atoms with Crippen molar-refractivity contribution in [2.75, 3.05) is 0 Å². The Labute approximate surface area is 128 Å². The van der Waals surface area contributed by atoms with E-state index in [0.29, 0.717) is 5.92 Å². The maximum atomic E-state index is 6.49. The number of pyridine rings is 1. The Hall–Kier alpha value is -1.19. The fourth-order valence-corrected chi connectivity index (χ4v) is 3.59. The fourth-order valence-electron chi connectivity index (χ4n) is 3.14. The van der Waals surface area contributed by atoms with E-state index in [2.05, 4.69) is 45.2 Å². The zero-order valence-electron chi connectivity index (χ0n) is 11.4. The highest BCUT2D eigenvalue weighted by Gasteiger charge is 2.26. The van der Waals surface area contributed by atoms with Crippen LogP contribution < -0.4 is 5.73 Å². The summed E-state index contributed by atoms with van der Waals surface area (Å²) < 4.78 is 1.12. The smallest absolute Gasteiger partial charge is 0.0482 e. The molecule has 2 atom stereocenters. The average Bonchev–Trinajstić information content (AvgIpc) is 2.46. The van der Waals surface area contributed by atoms with E-state index >= 15 is 0 Å². The van der Waals surface area contributed by atoms with E-state index in [-0.39, 0.29) is 6.04 Å². The summed E-state index contributed by atoms with van der Waals surface area (Å²) >= 11 is 3.52. The summed E-state index contributed by atoms with van der Waals surface area (Å²) in [6, 6.07) is 12.8. The van der Waals surface area contributed by atoms with E-state index in [0.717, 1.165) is 23.7 Å². The summed E-state index contributed by atoms with van der Waals surface area (Å²) in [7, 11) is 0. The minimum atomic E-state index is 0.137. The van der Waals surface area contributed by atoms with E-state index in [4.69, 9.17) is 5.73 Å². The number of aromatic nitrogens is 1. The fraction of sp³-hybridized carbons (Fsp3) is 0.353. The Balaban J connectivity index is 1.80. The molecule has 2 aromatic rings. The quantitative estimate of drug-likeness (QED) is 0.928. The van der Waals surface area contributed by atoms with Gasteiger partial charge in [-0.2, -0.15) is 0 Å². The van der Waals surface area contributed by atoms with Gasteiger partial charge in [0.2, 0.25) is 0 Å². The van der Waals surface area contributed by atoms with Crippen molar-refractivity contribution in [1.82, 2.24) is 4.98 Å². The summed E-state index contributed by atoms with van der Waals surface area (Å²) in [5, 5.41) is 0. The largest absolute Gasteiger partial charge is 0.327 e. The molecule has 0 amide bonds. The minimum Gasteiger partial charge on any atom is -0.327 e. The van der Waals surface area contributed by atoms with Crippen molar-refractivity contribution in [3.8, 4) is 0 Å². The van der Waals surface area contributed by atoms with Gasteiger partial charge in [-0.25, -0.2) is 0 Å². The second-order valence-corrected chi connectivity index (χ2v) is 6.46. The van der Waals surface area contributed by atoms with Gasteiger partial charge < -0.3 is 5.73 Å². The van der Waals surface area contributed by atoms with Gasteiger partial charge in [-0.1, -0.05) is 34.1 Å². The van der Waals surface area contributed by atoms with Crippen molar-refractivity contribution in [2.45, 2.75) is 37.6 Å². The molecule has 3 rings (SSSR count). The maximum absolute atomic E-state index is 6.49. The van der Waals surface area contributed by atoms with Crippen LogP contribution in [0, 0.1) is 0 Å². The first-order valence-corrected chi connectivity index (χ1v) is 7.97. The molecule has 0 saturated carbocycles. The number of benzene rings is 1. The molecular weight excluding hydrogens is 312 g/mol. The molecule has 0 radical (unpaired) electrons. The van der Waals surface area contributed by atoms with Crippen molar-refractivity contribution in [2.24, 2.45) is 5.73 Å². The van der Waals surface area contributed by atoms with Gasteiger partial charge in [0.05, 0.1) is 0 Å². The topological polar surface area (TPSA) is 38.9 Å². The lowest BCUT2D eigenvalue weighted by Crippen LogP contribution is -2.33. The van der Waals surface area contributed by atoms with Crippen molar-refractivity contribution in [3.05, 3.63) is 63.9 Å². The lowest BCUT2D eigenvalue weighted by atomic mass is 9.80. The summed E-state index contributed by atoms with van der Waals surface area (Å²) in [4.78, 5) is 4.59. The second kappa shape index (κ2) is 6.06. The van der Waals surface area contributed by atoms with Gasteiger partial charge in [0.25, 0.3) is 0 Å². The molecule has 2 nitrogen and oxygen atoms in total. The number of halogens is 1. The maximum Gasteiger partial charge on any atom is 0.0482 e. The van der Waals surface area contributed by atoms with Crippen LogP contribution in [0.3, 0.4) is 0 Å². The van der Waals surface area contributed by atoms with Crippen LogP contribution in [0.2, 0.25) is 0 Å². The molecule has 2 N–H and O–H groups in total. The number of hydrogen-bond donors (Lipinski definition) is 1. The normalized spacial score (nSPS) is 19.4. The number of aryl methyl sites for hydroxylation is 1. The van der Waals surface area contributed by atoms with Gasteiger partial charge in [-0.15, -0.1) is 0 Å². The predicted octanol–water partition coefficient (Wildman–Crippen LogP) is 3.83. The number of nitrogens with zero attached hydrogens (tertiary/aromatic N) is 1. The van der Waals surface area contributed by atoms with Crippen LogP contribution in [0.4, 0.5) is 0 Å². The van der Waals surface area contributed by atoms with E-state index in [1.807, 2.05) is 18.3 Å². The number of fused-ring (bicyclic) bond motifs is 1. The first-order valence-electron chi connectivity index (χ1n) is 7.18. The van der Waals surface area contributed by atoms with Crippen LogP contribution in [0.1, 0.15) is 35.6 Å². The first kappa shape index (κ1) is 13.8. The predicted molar refractivity (Wildman–Crippen MR) is 85.7 cm³/mol. The first-order chi connectivity index (χ1) is 9.74. The highest BCUT2D eigenvalue weighted by Crippen LogP contribution is 2.32. The van der Waals surface area contributed by atoms with Crippen molar-refractivity contribution < 1.29 is 0 Å². The van der Waals surface area contributed by atoms with E-state index in [1.54, 1.807) is 0 Å². The second-order valence-electron chi connectivity index (χ2n) is 5.54. The average molecular weight is 331 g/mol. The van der Waals surface area contributed by atoms with Crippen LogP contribution in [-0.4, -0.2) is 11.0 Å². The van der Waals surface area contributed by atoms with Gasteiger partial charge in [0.15, 0.2) is 0 Å². The zero-order chi connectivity index (χ0) is 13.9. The lowest BCUT2D eigenvalue weighted by molar-refractivity contribution is 0.449. The highest BCUT2D eigenvalue weighted by atomic mass is 79.9. The Morgan fingerprint density at radius 2 is 2.20 bits per heavy atom. The molecule has 0 bridgehead atoms. The Morgan fingerprint density at radius 1 is 1.30 bits per heavy atom. The summed E-state index contributed by atoms with van der Waals surface area (Å²) in [5.74, 6) is 0.388. The van der Waals surface area contributed by atoms with Crippen LogP contribution in [-0.2, 0) is 12.8 Å². The third-order valence-electron chi connectivity index (χ3n) is 4.12. The van der Waals surface area contributed by atoms with Gasteiger partial charge in [0, 0.05) is 28.3 Å². The summed E-state index contributed by atoms with van der Waals surface area (Å²) in [6.45, 7) is 0. The molecule has 1 aromatic carbocycles.